The lowest BCUT2D eigenvalue weighted by Crippen LogP contribution is -2.29. The average molecular weight is 184 g/mol. The smallest absolute Gasteiger partial charge is 0.00110 e. The van der Waals surface area contributed by atoms with Gasteiger partial charge in [0.2, 0.25) is 0 Å². The van der Waals surface area contributed by atoms with Crippen molar-refractivity contribution in [1.82, 2.24) is 10.6 Å². The summed E-state index contributed by atoms with van der Waals surface area (Å²) in [6.07, 6.45) is 5.83. The lowest BCUT2D eigenvalue weighted by molar-refractivity contribution is 0.290. The minimum atomic E-state index is 0.756. The van der Waals surface area contributed by atoms with Gasteiger partial charge < -0.3 is 10.6 Å². The highest BCUT2D eigenvalue weighted by atomic mass is 14.9. The molecule has 13 heavy (non-hydrogen) atoms. The molecule has 0 amide bonds. The summed E-state index contributed by atoms with van der Waals surface area (Å²) < 4.78 is 0. The van der Waals surface area contributed by atoms with Crippen LogP contribution in [0.15, 0.2) is 0 Å². The van der Waals surface area contributed by atoms with Gasteiger partial charge in [0, 0.05) is 0 Å². The highest BCUT2D eigenvalue weighted by molar-refractivity contribution is 4.70. The summed E-state index contributed by atoms with van der Waals surface area (Å²) in [4.78, 5) is 0. The normalized spacial score (nSPS) is 19.8. The zero-order chi connectivity index (χ0) is 9.52. The second-order valence-electron chi connectivity index (χ2n) is 4.45. The minimum absolute atomic E-state index is 0.756. The monoisotopic (exact) mass is 184 g/mol. The molecule has 1 unspecified atom stereocenters. The summed E-state index contributed by atoms with van der Waals surface area (Å²) >= 11 is 0. The Labute approximate surface area is 82.5 Å². The zero-order valence-corrected chi connectivity index (χ0v) is 9.10. The molecule has 1 aliphatic carbocycles. The third-order valence-electron chi connectivity index (χ3n) is 3.00. The number of hydrogen-bond donors (Lipinski definition) is 2. The number of nitrogens with one attached hydrogen (secondary N) is 2. The van der Waals surface area contributed by atoms with E-state index in [9.17, 15) is 0 Å². The van der Waals surface area contributed by atoms with Crippen molar-refractivity contribution in [2.24, 2.45) is 11.8 Å². The van der Waals surface area contributed by atoms with Crippen LogP contribution in [0.4, 0.5) is 0 Å². The Bertz CT molecular complexity index is 121. The summed E-state index contributed by atoms with van der Waals surface area (Å²) in [5.41, 5.74) is 0. The largest absolute Gasteiger partial charge is 0.319 e. The van der Waals surface area contributed by atoms with E-state index in [0.29, 0.717) is 0 Å². The van der Waals surface area contributed by atoms with Crippen LogP contribution in [0.3, 0.4) is 0 Å². The highest BCUT2D eigenvalue weighted by Crippen LogP contribution is 2.28. The van der Waals surface area contributed by atoms with E-state index in [4.69, 9.17) is 0 Å². The van der Waals surface area contributed by atoms with E-state index in [1.807, 2.05) is 7.05 Å². The quantitative estimate of drug-likeness (QED) is 0.588. The van der Waals surface area contributed by atoms with Crippen LogP contribution in [-0.4, -0.2) is 26.7 Å². The van der Waals surface area contributed by atoms with Crippen molar-refractivity contribution < 1.29 is 0 Å². The molecule has 1 aliphatic rings. The van der Waals surface area contributed by atoms with Crippen LogP contribution in [0.5, 0.6) is 0 Å². The van der Waals surface area contributed by atoms with E-state index in [1.54, 1.807) is 0 Å². The summed E-state index contributed by atoms with van der Waals surface area (Å²) in [5, 5.41) is 6.73. The first-order valence-electron chi connectivity index (χ1n) is 5.68. The Kier molecular flexibility index (Phi) is 5.40. The van der Waals surface area contributed by atoms with E-state index in [1.165, 1.54) is 32.2 Å². The van der Waals surface area contributed by atoms with Crippen molar-refractivity contribution in [3.05, 3.63) is 0 Å². The first-order chi connectivity index (χ1) is 6.33. The van der Waals surface area contributed by atoms with Gasteiger partial charge in [0.15, 0.2) is 0 Å². The first kappa shape index (κ1) is 11.0. The standard InChI is InChI=1S/C11H24N2/c1-10(8-12-2)9-13-7-6-11-4-3-5-11/h10-13H,3-9H2,1-2H3. The van der Waals surface area contributed by atoms with Gasteiger partial charge in [0.25, 0.3) is 0 Å². The van der Waals surface area contributed by atoms with E-state index < -0.39 is 0 Å². The lowest BCUT2D eigenvalue weighted by atomic mass is 9.83. The second-order valence-corrected chi connectivity index (χ2v) is 4.45. The van der Waals surface area contributed by atoms with Gasteiger partial charge in [0.05, 0.1) is 0 Å². The maximum Gasteiger partial charge on any atom is -0.00110 e. The molecule has 0 aromatic rings. The topological polar surface area (TPSA) is 24.1 Å². The van der Waals surface area contributed by atoms with Crippen LogP contribution in [0.25, 0.3) is 0 Å². The maximum atomic E-state index is 3.53. The summed E-state index contributed by atoms with van der Waals surface area (Å²) in [6, 6.07) is 0. The van der Waals surface area contributed by atoms with Gasteiger partial charge in [0.1, 0.15) is 0 Å². The SMILES string of the molecule is CNCC(C)CNCCC1CCC1. The Morgan fingerprint density at radius 3 is 2.62 bits per heavy atom. The fourth-order valence-corrected chi connectivity index (χ4v) is 1.86. The Morgan fingerprint density at radius 1 is 1.31 bits per heavy atom. The lowest BCUT2D eigenvalue weighted by Gasteiger charge is -2.25. The van der Waals surface area contributed by atoms with Crippen molar-refractivity contribution in [2.45, 2.75) is 32.6 Å². The summed E-state index contributed by atoms with van der Waals surface area (Å²) in [5.74, 6) is 1.80. The molecule has 2 N–H and O–H groups in total. The van der Waals surface area contributed by atoms with Crippen molar-refractivity contribution in [1.29, 1.82) is 0 Å². The third-order valence-corrected chi connectivity index (χ3v) is 3.00. The molecule has 1 saturated carbocycles. The molecule has 1 atom stereocenters. The molecule has 1 rings (SSSR count). The molecule has 0 heterocycles. The van der Waals surface area contributed by atoms with Crippen LogP contribution < -0.4 is 10.6 Å². The van der Waals surface area contributed by atoms with Crippen LogP contribution in [-0.2, 0) is 0 Å². The van der Waals surface area contributed by atoms with E-state index in [0.717, 1.165) is 24.9 Å². The Morgan fingerprint density at radius 2 is 2.08 bits per heavy atom. The molecule has 2 heteroatoms. The molecule has 0 saturated heterocycles. The molecular formula is C11H24N2. The van der Waals surface area contributed by atoms with Gasteiger partial charge in [-0.2, -0.15) is 0 Å². The van der Waals surface area contributed by atoms with Crippen LogP contribution >= 0.6 is 0 Å². The number of hydrogen-bond acceptors (Lipinski definition) is 2. The maximum absolute atomic E-state index is 3.53. The first-order valence-corrected chi connectivity index (χ1v) is 5.68. The van der Waals surface area contributed by atoms with Gasteiger partial charge in [-0.1, -0.05) is 26.2 Å². The van der Waals surface area contributed by atoms with E-state index in [2.05, 4.69) is 17.6 Å². The van der Waals surface area contributed by atoms with Crippen molar-refractivity contribution in [3.8, 4) is 0 Å². The molecule has 0 spiro atoms. The van der Waals surface area contributed by atoms with Gasteiger partial charge in [-0.05, 0) is 44.9 Å². The van der Waals surface area contributed by atoms with Crippen molar-refractivity contribution >= 4 is 0 Å². The van der Waals surface area contributed by atoms with Gasteiger partial charge >= 0.3 is 0 Å². The molecule has 2 nitrogen and oxygen atoms in total. The Hall–Kier alpha value is -0.0800. The predicted octanol–water partition coefficient (Wildman–Crippen LogP) is 1.62. The molecule has 0 bridgehead atoms. The second kappa shape index (κ2) is 6.39. The molecular weight excluding hydrogens is 160 g/mol. The van der Waals surface area contributed by atoms with Crippen LogP contribution in [0.1, 0.15) is 32.6 Å². The fourth-order valence-electron chi connectivity index (χ4n) is 1.86. The van der Waals surface area contributed by atoms with Crippen molar-refractivity contribution in [3.63, 3.8) is 0 Å². The molecule has 78 valence electrons. The predicted molar refractivity (Wildman–Crippen MR) is 57.9 cm³/mol. The molecule has 1 fully saturated rings. The van der Waals surface area contributed by atoms with Crippen LogP contribution in [0, 0.1) is 11.8 Å². The van der Waals surface area contributed by atoms with Gasteiger partial charge in [-0.15, -0.1) is 0 Å². The number of rotatable bonds is 7. The van der Waals surface area contributed by atoms with Crippen LogP contribution in [0.2, 0.25) is 0 Å². The zero-order valence-electron chi connectivity index (χ0n) is 9.10. The fraction of sp³-hybridized carbons (Fsp3) is 1.00. The minimum Gasteiger partial charge on any atom is -0.319 e. The van der Waals surface area contributed by atoms with E-state index in [-0.39, 0.29) is 0 Å². The highest BCUT2D eigenvalue weighted by Gasteiger charge is 2.16. The summed E-state index contributed by atoms with van der Waals surface area (Å²) in [7, 11) is 2.02. The van der Waals surface area contributed by atoms with E-state index >= 15 is 0 Å². The van der Waals surface area contributed by atoms with Gasteiger partial charge in [-0.25, -0.2) is 0 Å². The summed E-state index contributed by atoms with van der Waals surface area (Å²) in [6.45, 7) is 5.79. The van der Waals surface area contributed by atoms with Gasteiger partial charge in [-0.3, -0.25) is 0 Å². The molecule has 0 aromatic carbocycles. The third kappa shape index (κ3) is 4.63. The molecule has 0 aliphatic heterocycles. The average Bonchev–Trinajstić information content (AvgIpc) is 2.01. The Balaban J connectivity index is 1.82. The molecule has 0 aromatic heterocycles. The molecule has 0 radical (unpaired) electrons. The van der Waals surface area contributed by atoms with Crippen molar-refractivity contribution in [2.75, 3.05) is 26.7 Å².